The fraction of sp³-hybridized carbons (Fsp3) is 0.200. The molecule has 100 valence electrons. The lowest BCUT2D eigenvalue weighted by atomic mass is 10.1. The normalized spacial score (nSPS) is 12.2. The Kier molecular flexibility index (Phi) is 4.56. The van der Waals surface area contributed by atoms with E-state index in [-0.39, 0.29) is 11.9 Å². The minimum Gasteiger partial charge on any atom is -0.489 e. The highest BCUT2D eigenvalue weighted by Crippen LogP contribution is 2.21. The third-order valence-electron chi connectivity index (χ3n) is 2.78. The van der Waals surface area contributed by atoms with Crippen LogP contribution in [0.25, 0.3) is 0 Å². The van der Waals surface area contributed by atoms with Crippen LogP contribution >= 0.6 is 15.9 Å². The van der Waals surface area contributed by atoms with E-state index in [0.29, 0.717) is 17.9 Å². The number of benzene rings is 2. The van der Waals surface area contributed by atoms with Gasteiger partial charge in [0.15, 0.2) is 0 Å². The summed E-state index contributed by atoms with van der Waals surface area (Å²) in [6, 6.07) is 12.3. The Labute approximate surface area is 120 Å². The summed E-state index contributed by atoms with van der Waals surface area (Å²) in [7, 11) is 0. The van der Waals surface area contributed by atoms with Gasteiger partial charge in [-0.05, 0) is 30.7 Å². The first-order valence-electron chi connectivity index (χ1n) is 5.98. The molecule has 0 aliphatic carbocycles. The van der Waals surface area contributed by atoms with E-state index in [0.717, 1.165) is 10.0 Å². The average Bonchev–Trinajstić information content (AvgIpc) is 2.37. The summed E-state index contributed by atoms with van der Waals surface area (Å²) >= 11 is 3.37. The van der Waals surface area contributed by atoms with Crippen molar-refractivity contribution in [1.29, 1.82) is 0 Å². The van der Waals surface area contributed by atoms with Crippen LogP contribution in [0.2, 0.25) is 0 Å². The third-order valence-corrected chi connectivity index (χ3v) is 3.31. The molecule has 0 aliphatic heterocycles. The number of nitrogens with two attached hydrogens (primary N) is 1. The summed E-state index contributed by atoms with van der Waals surface area (Å²) < 4.78 is 20.3. The average molecular weight is 324 g/mol. The van der Waals surface area contributed by atoms with Gasteiger partial charge < -0.3 is 10.5 Å². The summed E-state index contributed by atoms with van der Waals surface area (Å²) in [5.41, 5.74) is 7.18. The molecule has 2 aromatic rings. The van der Waals surface area contributed by atoms with Crippen molar-refractivity contribution >= 4 is 15.9 Å². The van der Waals surface area contributed by atoms with Crippen LogP contribution in [0.3, 0.4) is 0 Å². The molecular weight excluding hydrogens is 309 g/mol. The van der Waals surface area contributed by atoms with Crippen LogP contribution in [-0.4, -0.2) is 0 Å². The quantitative estimate of drug-likeness (QED) is 0.915. The van der Waals surface area contributed by atoms with Crippen LogP contribution in [0.5, 0.6) is 5.75 Å². The molecule has 19 heavy (non-hydrogen) atoms. The van der Waals surface area contributed by atoms with Crippen LogP contribution in [0, 0.1) is 5.82 Å². The van der Waals surface area contributed by atoms with Crippen LogP contribution in [0.15, 0.2) is 46.9 Å². The molecule has 0 fully saturated rings. The van der Waals surface area contributed by atoms with Crippen LogP contribution in [-0.2, 0) is 6.61 Å². The van der Waals surface area contributed by atoms with Gasteiger partial charge >= 0.3 is 0 Å². The van der Waals surface area contributed by atoms with E-state index in [4.69, 9.17) is 10.5 Å². The molecular formula is C15H15BrFNO. The Bertz CT molecular complexity index is 555. The Morgan fingerprint density at radius 1 is 1.21 bits per heavy atom. The van der Waals surface area contributed by atoms with Gasteiger partial charge in [-0.25, -0.2) is 4.39 Å². The molecule has 0 saturated heterocycles. The molecule has 0 radical (unpaired) electrons. The first kappa shape index (κ1) is 14.0. The SMILES string of the molecule is C[C@H](N)c1ccc(OCc2ccc(Br)cc2)cc1F. The zero-order valence-electron chi connectivity index (χ0n) is 10.6. The molecule has 0 saturated carbocycles. The van der Waals surface area contributed by atoms with Gasteiger partial charge in [-0.2, -0.15) is 0 Å². The van der Waals surface area contributed by atoms with Gasteiger partial charge in [-0.3, -0.25) is 0 Å². The number of hydrogen-bond donors (Lipinski definition) is 1. The summed E-state index contributed by atoms with van der Waals surface area (Å²) in [5, 5.41) is 0. The summed E-state index contributed by atoms with van der Waals surface area (Å²) in [4.78, 5) is 0. The van der Waals surface area contributed by atoms with Crippen molar-refractivity contribution in [3.05, 3.63) is 63.9 Å². The molecule has 4 heteroatoms. The highest BCUT2D eigenvalue weighted by molar-refractivity contribution is 9.10. The second-order valence-electron chi connectivity index (χ2n) is 4.39. The van der Waals surface area contributed by atoms with Crippen molar-refractivity contribution in [2.24, 2.45) is 5.73 Å². The lowest BCUT2D eigenvalue weighted by molar-refractivity contribution is 0.304. The molecule has 0 heterocycles. The maximum atomic E-state index is 13.7. The van der Waals surface area contributed by atoms with Gasteiger partial charge in [-0.1, -0.05) is 34.1 Å². The predicted molar refractivity (Wildman–Crippen MR) is 77.5 cm³/mol. The number of ether oxygens (including phenoxy) is 1. The second kappa shape index (κ2) is 6.17. The number of halogens is 2. The van der Waals surface area contributed by atoms with Crippen LogP contribution in [0.4, 0.5) is 4.39 Å². The molecule has 0 amide bonds. The van der Waals surface area contributed by atoms with Crippen molar-refractivity contribution in [3.8, 4) is 5.75 Å². The molecule has 2 N–H and O–H groups in total. The summed E-state index contributed by atoms with van der Waals surface area (Å²) in [6.07, 6.45) is 0. The molecule has 0 aromatic heterocycles. The Morgan fingerprint density at radius 3 is 2.47 bits per heavy atom. The highest BCUT2D eigenvalue weighted by atomic mass is 79.9. The first-order valence-corrected chi connectivity index (χ1v) is 6.78. The van der Waals surface area contributed by atoms with E-state index in [1.165, 1.54) is 6.07 Å². The van der Waals surface area contributed by atoms with Gasteiger partial charge in [0.05, 0.1) is 0 Å². The molecule has 2 aromatic carbocycles. The van der Waals surface area contributed by atoms with Crippen molar-refractivity contribution < 1.29 is 9.13 Å². The fourth-order valence-electron chi connectivity index (χ4n) is 1.71. The third kappa shape index (κ3) is 3.78. The molecule has 1 atom stereocenters. The standard InChI is InChI=1S/C15H15BrFNO/c1-10(18)14-7-6-13(8-15(14)17)19-9-11-2-4-12(16)5-3-11/h2-8,10H,9,18H2,1H3/t10-/m0/s1. The van der Waals surface area contributed by atoms with E-state index in [2.05, 4.69) is 15.9 Å². The highest BCUT2D eigenvalue weighted by Gasteiger charge is 2.08. The predicted octanol–water partition coefficient (Wildman–Crippen LogP) is 4.19. The van der Waals surface area contributed by atoms with Crippen molar-refractivity contribution in [2.45, 2.75) is 19.6 Å². The maximum absolute atomic E-state index is 13.7. The van der Waals surface area contributed by atoms with Gasteiger partial charge in [-0.15, -0.1) is 0 Å². The lowest BCUT2D eigenvalue weighted by Crippen LogP contribution is -2.07. The monoisotopic (exact) mass is 323 g/mol. The fourth-order valence-corrected chi connectivity index (χ4v) is 1.98. The summed E-state index contributed by atoms with van der Waals surface area (Å²) in [5.74, 6) is 0.174. The minimum atomic E-state index is -0.330. The van der Waals surface area contributed by atoms with E-state index in [9.17, 15) is 4.39 Å². The van der Waals surface area contributed by atoms with E-state index in [1.807, 2.05) is 24.3 Å². The Hall–Kier alpha value is -1.39. The largest absolute Gasteiger partial charge is 0.489 e. The van der Waals surface area contributed by atoms with E-state index in [1.54, 1.807) is 19.1 Å². The maximum Gasteiger partial charge on any atom is 0.131 e. The van der Waals surface area contributed by atoms with Gasteiger partial charge in [0, 0.05) is 22.1 Å². The Morgan fingerprint density at radius 2 is 1.89 bits per heavy atom. The molecule has 0 spiro atoms. The Balaban J connectivity index is 2.04. The minimum absolute atomic E-state index is 0.319. The molecule has 0 bridgehead atoms. The van der Waals surface area contributed by atoms with Crippen LogP contribution in [0.1, 0.15) is 24.1 Å². The van der Waals surface area contributed by atoms with Gasteiger partial charge in [0.2, 0.25) is 0 Å². The molecule has 2 nitrogen and oxygen atoms in total. The smallest absolute Gasteiger partial charge is 0.131 e. The van der Waals surface area contributed by atoms with Gasteiger partial charge in [0.1, 0.15) is 18.2 Å². The van der Waals surface area contributed by atoms with Crippen LogP contribution < -0.4 is 10.5 Å². The zero-order chi connectivity index (χ0) is 13.8. The first-order chi connectivity index (χ1) is 9.06. The van der Waals surface area contributed by atoms with E-state index < -0.39 is 0 Å². The molecule has 0 unspecified atom stereocenters. The summed E-state index contributed by atoms with van der Waals surface area (Å²) in [6.45, 7) is 2.16. The lowest BCUT2D eigenvalue weighted by Gasteiger charge is -2.10. The van der Waals surface area contributed by atoms with Crippen molar-refractivity contribution in [3.63, 3.8) is 0 Å². The second-order valence-corrected chi connectivity index (χ2v) is 5.30. The number of hydrogen-bond acceptors (Lipinski definition) is 2. The van der Waals surface area contributed by atoms with E-state index >= 15 is 0 Å². The van der Waals surface area contributed by atoms with Crippen molar-refractivity contribution in [2.75, 3.05) is 0 Å². The van der Waals surface area contributed by atoms with Gasteiger partial charge in [0.25, 0.3) is 0 Å². The van der Waals surface area contributed by atoms with Crippen molar-refractivity contribution in [1.82, 2.24) is 0 Å². The zero-order valence-corrected chi connectivity index (χ0v) is 12.2. The number of rotatable bonds is 4. The topological polar surface area (TPSA) is 35.2 Å². The molecule has 0 aliphatic rings. The molecule has 2 rings (SSSR count).